The van der Waals surface area contributed by atoms with E-state index in [2.05, 4.69) is 14.9 Å². The average Bonchev–Trinajstić information content (AvgIpc) is 2.88. The summed E-state index contributed by atoms with van der Waals surface area (Å²) < 4.78 is 3.82. The van der Waals surface area contributed by atoms with Gasteiger partial charge in [0.15, 0.2) is 0 Å². The van der Waals surface area contributed by atoms with Gasteiger partial charge in [-0.15, -0.1) is 16.4 Å². The Morgan fingerprint density at radius 3 is 3.13 bits per heavy atom. The molecule has 0 atom stereocenters. The zero-order valence-corrected chi connectivity index (χ0v) is 9.69. The molecule has 0 fully saturated rings. The highest BCUT2D eigenvalue weighted by atomic mass is 32.1. The molecule has 0 spiro atoms. The molecule has 0 aliphatic carbocycles. The summed E-state index contributed by atoms with van der Waals surface area (Å²) in [4.78, 5) is 13.2. The Labute approximate surface area is 95.1 Å². The molecule has 0 saturated heterocycles. The van der Waals surface area contributed by atoms with Crippen molar-refractivity contribution in [1.82, 2.24) is 14.9 Å². The number of nitrogens with zero attached hydrogens (tertiary/aromatic N) is 2. The van der Waals surface area contributed by atoms with E-state index in [0.29, 0.717) is 17.1 Å². The Morgan fingerprint density at radius 2 is 2.47 bits per heavy atom. The summed E-state index contributed by atoms with van der Waals surface area (Å²) in [7, 11) is 0. The summed E-state index contributed by atoms with van der Waals surface area (Å²) >= 11 is 2.68. The number of carbonyl (C=O) groups excluding carboxylic acids is 1. The van der Waals surface area contributed by atoms with Gasteiger partial charge < -0.3 is 5.32 Å². The molecule has 6 heteroatoms. The molecule has 0 unspecified atom stereocenters. The Bertz CT molecular complexity index is 450. The van der Waals surface area contributed by atoms with Gasteiger partial charge in [0.1, 0.15) is 10.6 Å². The van der Waals surface area contributed by atoms with Crippen LogP contribution in [0.5, 0.6) is 0 Å². The molecule has 4 nitrogen and oxygen atoms in total. The fraction of sp³-hybridized carbons (Fsp3) is 0.222. The third kappa shape index (κ3) is 2.05. The van der Waals surface area contributed by atoms with Crippen molar-refractivity contribution in [3.05, 3.63) is 22.4 Å². The first-order valence-corrected chi connectivity index (χ1v) is 6.12. The first-order valence-electron chi connectivity index (χ1n) is 4.47. The van der Waals surface area contributed by atoms with Gasteiger partial charge in [-0.1, -0.05) is 10.6 Å². The molecule has 2 rings (SSSR count). The lowest BCUT2D eigenvalue weighted by Crippen LogP contribution is -2.22. The summed E-state index contributed by atoms with van der Waals surface area (Å²) in [6, 6.07) is 3.87. The van der Waals surface area contributed by atoms with E-state index in [9.17, 15) is 4.79 Å². The average molecular weight is 239 g/mol. The minimum atomic E-state index is -0.101. The number of hydrogen-bond donors (Lipinski definition) is 1. The molecule has 0 aliphatic heterocycles. The van der Waals surface area contributed by atoms with Gasteiger partial charge in [0.2, 0.25) is 0 Å². The SMILES string of the molecule is CCNC(=O)c1snnc1-c1cccs1. The first-order chi connectivity index (χ1) is 7.33. The molecule has 1 N–H and O–H groups in total. The van der Waals surface area contributed by atoms with Crippen molar-refractivity contribution in [2.24, 2.45) is 0 Å². The topological polar surface area (TPSA) is 54.9 Å². The lowest BCUT2D eigenvalue weighted by atomic mass is 10.3. The fourth-order valence-electron chi connectivity index (χ4n) is 1.16. The van der Waals surface area contributed by atoms with E-state index < -0.39 is 0 Å². The van der Waals surface area contributed by atoms with Crippen molar-refractivity contribution < 1.29 is 4.79 Å². The molecule has 0 bridgehead atoms. The number of hydrogen-bond acceptors (Lipinski definition) is 5. The summed E-state index contributed by atoms with van der Waals surface area (Å²) in [5.41, 5.74) is 0.681. The van der Waals surface area contributed by atoms with Crippen LogP contribution in [0.25, 0.3) is 10.6 Å². The maximum atomic E-state index is 11.6. The monoisotopic (exact) mass is 239 g/mol. The Hall–Kier alpha value is -1.27. The smallest absolute Gasteiger partial charge is 0.265 e. The zero-order chi connectivity index (χ0) is 10.7. The van der Waals surface area contributed by atoms with Crippen LogP contribution >= 0.6 is 22.9 Å². The molecule has 0 radical (unpaired) electrons. The summed E-state index contributed by atoms with van der Waals surface area (Å²) in [6.07, 6.45) is 0. The molecule has 0 aliphatic rings. The summed E-state index contributed by atoms with van der Waals surface area (Å²) in [5, 5.41) is 8.68. The molecule has 78 valence electrons. The van der Waals surface area contributed by atoms with Crippen LogP contribution in [0.2, 0.25) is 0 Å². The molecule has 1 amide bonds. The quantitative estimate of drug-likeness (QED) is 0.891. The fourth-order valence-corrected chi connectivity index (χ4v) is 2.53. The van der Waals surface area contributed by atoms with Gasteiger partial charge in [0.25, 0.3) is 5.91 Å². The van der Waals surface area contributed by atoms with Gasteiger partial charge in [-0.25, -0.2) is 0 Å². The minimum absolute atomic E-state index is 0.101. The third-order valence-electron chi connectivity index (χ3n) is 1.79. The Kier molecular flexibility index (Phi) is 3.08. The Morgan fingerprint density at radius 1 is 1.60 bits per heavy atom. The van der Waals surface area contributed by atoms with Gasteiger partial charge in [0.05, 0.1) is 4.88 Å². The van der Waals surface area contributed by atoms with Crippen LogP contribution in [0.1, 0.15) is 16.6 Å². The second-order valence-corrected chi connectivity index (χ2v) is 4.49. The molecule has 15 heavy (non-hydrogen) atoms. The van der Waals surface area contributed by atoms with E-state index in [1.165, 1.54) is 0 Å². The van der Waals surface area contributed by atoms with E-state index in [4.69, 9.17) is 0 Å². The number of nitrogens with one attached hydrogen (secondary N) is 1. The van der Waals surface area contributed by atoms with Crippen molar-refractivity contribution in [2.75, 3.05) is 6.54 Å². The van der Waals surface area contributed by atoms with Crippen LogP contribution in [0, 0.1) is 0 Å². The van der Waals surface area contributed by atoms with Gasteiger partial charge in [0, 0.05) is 6.54 Å². The van der Waals surface area contributed by atoms with E-state index in [1.54, 1.807) is 11.3 Å². The highest BCUT2D eigenvalue weighted by Crippen LogP contribution is 2.27. The predicted molar refractivity (Wildman–Crippen MR) is 61.2 cm³/mol. The summed E-state index contributed by atoms with van der Waals surface area (Å²) in [6.45, 7) is 2.50. The van der Waals surface area contributed by atoms with Gasteiger partial charge in [-0.05, 0) is 29.9 Å². The highest BCUT2D eigenvalue weighted by Gasteiger charge is 2.17. The number of carbonyl (C=O) groups is 1. The van der Waals surface area contributed by atoms with Gasteiger partial charge in [-0.3, -0.25) is 4.79 Å². The number of rotatable bonds is 3. The molecule has 2 heterocycles. The van der Waals surface area contributed by atoms with E-state index >= 15 is 0 Å². The minimum Gasteiger partial charge on any atom is -0.351 e. The normalized spacial score (nSPS) is 10.2. The van der Waals surface area contributed by atoms with E-state index in [1.807, 2.05) is 24.4 Å². The predicted octanol–water partition coefficient (Wildman–Crippen LogP) is 2.02. The number of amides is 1. The van der Waals surface area contributed by atoms with Gasteiger partial charge in [-0.2, -0.15) is 0 Å². The lowest BCUT2D eigenvalue weighted by Gasteiger charge is -1.99. The molecule has 0 saturated carbocycles. The van der Waals surface area contributed by atoms with E-state index in [-0.39, 0.29) is 5.91 Å². The largest absolute Gasteiger partial charge is 0.351 e. The second-order valence-electron chi connectivity index (χ2n) is 2.79. The van der Waals surface area contributed by atoms with Crippen molar-refractivity contribution >= 4 is 28.8 Å². The van der Waals surface area contributed by atoms with Crippen molar-refractivity contribution in [3.63, 3.8) is 0 Å². The molecule has 2 aromatic heterocycles. The Balaban J connectivity index is 2.34. The third-order valence-corrected chi connectivity index (χ3v) is 3.39. The van der Waals surface area contributed by atoms with Crippen molar-refractivity contribution in [2.45, 2.75) is 6.92 Å². The lowest BCUT2D eigenvalue weighted by molar-refractivity contribution is 0.0960. The van der Waals surface area contributed by atoms with Crippen LogP contribution in [-0.2, 0) is 0 Å². The van der Waals surface area contributed by atoms with Crippen molar-refractivity contribution in [1.29, 1.82) is 0 Å². The van der Waals surface area contributed by atoms with Crippen LogP contribution < -0.4 is 5.32 Å². The van der Waals surface area contributed by atoms with E-state index in [0.717, 1.165) is 16.4 Å². The number of thiophene rings is 1. The van der Waals surface area contributed by atoms with Crippen LogP contribution in [-0.4, -0.2) is 22.0 Å². The van der Waals surface area contributed by atoms with Gasteiger partial charge >= 0.3 is 0 Å². The summed E-state index contributed by atoms with van der Waals surface area (Å²) in [5.74, 6) is -0.101. The zero-order valence-electron chi connectivity index (χ0n) is 8.06. The maximum Gasteiger partial charge on any atom is 0.265 e. The molecule has 0 aromatic carbocycles. The first kappa shape index (κ1) is 10.3. The molecular formula is C9H9N3OS2. The molecular weight excluding hydrogens is 230 g/mol. The highest BCUT2D eigenvalue weighted by molar-refractivity contribution is 7.14. The molecule has 2 aromatic rings. The maximum absolute atomic E-state index is 11.6. The second kappa shape index (κ2) is 4.50. The number of aromatic nitrogens is 2. The standard InChI is InChI=1S/C9H9N3OS2/c1-2-10-9(13)8-7(11-12-15-8)6-4-3-5-14-6/h3-5H,2H2,1H3,(H,10,13). The van der Waals surface area contributed by atoms with Crippen LogP contribution in [0.4, 0.5) is 0 Å². The van der Waals surface area contributed by atoms with Crippen molar-refractivity contribution in [3.8, 4) is 10.6 Å². The van der Waals surface area contributed by atoms with Crippen LogP contribution in [0.15, 0.2) is 17.5 Å². The van der Waals surface area contributed by atoms with Crippen LogP contribution in [0.3, 0.4) is 0 Å².